The van der Waals surface area contributed by atoms with Crippen molar-refractivity contribution in [1.82, 2.24) is 10.3 Å². The third kappa shape index (κ3) is 2.99. The minimum Gasteiger partial charge on any atom is -0.351 e. The second kappa shape index (κ2) is 6.23. The van der Waals surface area contributed by atoms with Crippen LogP contribution in [0.15, 0.2) is 6.07 Å². The largest absolute Gasteiger partial charge is 0.351 e. The van der Waals surface area contributed by atoms with Crippen LogP contribution in [0.4, 0.5) is 5.82 Å². The zero-order valence-electron chi connectivity index (χ0n) is 11.4. The molecule has 1 aromatic heterocycles. The van der Waals surface area contributed by atoms with E-state index < -0.39 is 0 Å². The maximum Gasteiger partial charge on any atom is 0.148 e. The van der Waals surface area contributed by atoms with Gasteiger partial charge in [0.25, 0.3) is 0 Å². The van der Waals surface area contributed by atoms with Crippen LogP contribution in [0.25, 0.3) is 0 Å². The van der Waals surface area contributed by atoms with Crippen LogP contribution >= 0.6 is 11.6 Å². The summed E-state index contributed by atoms with van der Waals surface area (Å²) in [5.41, 5.74) is 1.30. The van der Waals surface area contributed by atoms with Gasteiger partial charge in [-0.15, -0.1) is 0 Å². The van der Waals surface area contributed by atoms with Crippen LogP contribution in [0.3, 0.4) is 0 Å². The summed E-state index contributed by atoms with van der Waals surface area (Å²) < 4.78 is 0. The highest BCUT2D eigenvalue weighted by atomic mass is 35.5. The molecule has 0 aromatic carbocycles. The van der Waals surface area contributed by atoms with Crippen LogP contribution in [-0.2, 0) is 0 Å². The molecule has 0 spiro atoms. The van der Waals surface area contributed by atoms with Crippen LogP contribution < -0.4 is 10.2 Å². The lowest BCUT2D eigenvalue weighted by molar-refractivity contribution is 0.617. The second-order valence-electron chi connectivity index (χ2n) is 4.88. The van der Waals surface area contributed by atoms with E-state index in [1.54, 1.807) is 6.07 Å². The summed E-state index contributed by atoms with van der Waals surface area (Å²) in [6.07, 6.45) is 2.16. The highest BCUT2D eigenvalue weighted by Crippen LogP contribution is 2.28. The molecule has 1 aliphatic heterocycles. The molecule has 0 saturated carbocycles. The van der Waals surface area contributed by atoms with Crippen molar-refractivity contribution < 1.29 is 0 Å². The van der Waals surface area contributed by atoms with Crippen molar-refractivity contribution in [2.45, 2.75) is 32.7 Å². The van der Waals surface area contributed by atoms with Gasteiger partial charge in [-0.25, -0.2) is 4.98 Å². The van der Waals surface area contributed by atoms with E-state index in [4.69, 9.17) is 16.9 Å². The summed E-state index contributed by atoms with van der Waals surface area (Å²) in [6, 6.07) is 4.29. The van der Waals surface area contributed by atoms with Crippen LogP contribution in [0.5, 0.6) is 0 Å². The molecule has 4 nitrogen and oxygen atoms in total. The Morgan fingerprint density at radius 2 is 2.42 bits per heavy atom. The molecule has 1 N–H and O–H groups in total. The standard InChI is InChI=1S/C14H19ClN4/c1-3-6-19(12-4-5-17-9-12)14-13(15)7-11(8-16)10(2)18-14/h7,12,17H,3-6,9H2,1-2H3. The van der Waals surface area contributed by atoms with Crippen LogP contribution in [0, 0.1) is 18.3 Å². The zero-order valence-corrected chi connectivity index (χ0v) is 12.2. The Morgan fingerprint density at radius 1 is 1.63 bits per heavy atom. The smallest absolute Gasteiger partial charge is 0.148 e. The minimum absolute atomic E-state index is 0.442. The van der Waals surface area contributed by atoms with E-state index in [2.05, 4.69) is 28.2 Å². The molecule has 0 radical (unpaired) electrons. The van der Waals surface area contributed by atoms with E-state index in [1.165, 1.54) is 0 Å². The Morgan fingerprint density at radius 3 is 3.00 bits per heavy atom. The van der Waals surface area contributed by atoms with Gasteiger partial charge in [0.15, 0.2) is 0 Å². The van der Waals surface area contributed by atoms with E-state index in [0.29, 0.717) is 16.6 Å². The van der Waals surface area contributed by atoms with Crippen LogP contribution in [-0.4, -0.2) is 30.7 Å². The number of nitrogens with one attached hydrogen (secondary N) is 1. The number of halogens is 1. The van der Waals surface area contributed by atoms with Gasteiger partial charge in [-0.05, 0) is 32.4 Å². The highest BCUT2D eigenvalue weighted by Gasteiger charge is 2.25. The van der Waals surface area contributed by atoms with Gasteiger partial charge in [-0.1, -0.05) is 18.5 Å². The topological polar surface area (TPSA) is 52.0 Å². The number of hydrogen-bond acceptors (Lipinski definition) is 4. The molecule has 1 unspecified atom stereocenters. The molecule has 1 fully saturated rings. The number of rotatable bonds is 4. The molecule has 5 heteroatoms. The molecule has 1 aliphatic rings. The Hall–Kier alpha value is -1.31. The summed E-state index contributed by atoms with van der Waals surface area (Å²) in [4.78, 5) is 6.83. The van der Waals surface area contributed by atoms with Gasteiger partial charge in [0.05, 0.1) is 16.3 Å². The summed E-state index contributed by atoms with van der Waals surface area (Å²) >= 11 is 6.31. The van der Waals surface area contributed by atoms with Crippen molar-refractivity contribution in [2.24, 2.45) is 0 Å². The van der Waals surface area contributed by atoms with Gasteiger partial charge in [0, 0.05) is 19.1 Å². The van der Waals surface area contributed by atoms with E-state index in [-0.39, 0.29) is 0 Å². The van der Waals surface area contributed by atoms with Crippen molar-refractivity contribution in [3.63, 3.8) is 0 Å². The summed E-state index contributed by atoms with van der Waals surface area (Å²) in [7, 11) is 0. The fraction of sp³-hybridized carbons (Fsp3) is 0.571. The van der Waals surface area contributed by atoms with Crippen molar-refractivity contribution in [3.05, 3.63) is 22.3 Å². The Kier molecular flexibility index (Phi) is 4.62. The zero-order chi connectivity index (χ0) is 13.8. The lowest BCUT2D eigenvalue weighted by atomic mass is 10.1. The van der Waals surface area contributed by atoms with E-state index >= 15 is 0 Å². The number of nitrogens with zero attached hydrogens (tertiary/aromatic N) is 3. The van der Waals surface area contributed by atoms with Gasteiger partial charge >= 0.3 is 0 Å². The molecule has 102 valence electrons. The average molecular weight is 279 g/mol. The third-order valence-electron chi connectivity index (χ3n) is 3.48. The van der Waals surface area contributed by atoms with Gasteiger partial charge in [-0.3, -0.25) is 0 Å². The second-order valence-corrected chi connectivity index (χ2v) is 5.29. The predicted octanol–water partition coefficient (Wildman–Crippen LogP) is 2.49. The molecule has 2 rings (SSSR count). The molecule has 0 bridgehead atoms. The number of anilines is 1. The number of aryl methyl sites for hydroxylation is 1. The summed E-state index contributed by atoms with van der Waals surface area (Å²) in [5.74, 6) is 0.814. The molecule has 1 saturated heterocycles. The lowest BCUT2D eigenvalue weighted by Gasteiger charge is -2.30. The Balaban J connectivity index is 2.36. The molecular formula is C14H19ClN4. The lowest BCUT2D eigenvalue weighted by Crippen LogP contribution is -2.38. The first-order chi connectivity index (χ1) is 9.17. The molecule has 0 aliphatic carbocycles. The maximum atomic E-state index is 9.02. The predicted molar refractivity (Wildman–Crippen MR) is 77.6 cm³/mol. The average Bonchev–Trinajstić information content (AvgIpc) is 2.92. The molecular weight excluding hydrogens is 260 g/mol. The molecule has 1 aromatic rings. The fourth-order valence-electron chi connectivity index (χ4n) is 2.49. The Bertz CT molecular complexity index is 489. The van der Waals surface area contributed by atoms with E-state index in [9.17, 15) is 0 Å². The molecule has 0 amide bonds. The third-order valence-corrected chi connectivity index (χ3v) is 3.76. The van der Waals surface area contributed by atoms with Gasteiger partial charge in [0.1, 0.15) is 11.9 Å². The highest BCUT2D eigenvalue weighted by molar-refractivity contribution is 6.33. The quantitative estimate of drug-likeness (QED) is 0.919. The van der Waals surface area contributed by atoms with Crippen molar-refractivity contribution >= 4 is 17.4 Å². The van der Waals surface area contributed by atoms with Crippen LogP contribution in [0.2, 0.25) is 5.02 Å². The normalized spacial score (nSPS) is 18.3. The molecule has 19 heavy (non-hydrogen) atoms. The summed E-state index contributed by atoms with van der Waals surface area (Å²) in [6.45, 7) is 6.95. The Labute approximate surface area is 119 Å². The fourth-order valence-corrected chi connectivity index (χ4v) is 2.75. The minimum atomic E-state index is 0.442. The molecule has 2 heterocycles. The number of nitriles is 1. The van der Waals surface area contributed by atoms with Crippen molar-refractivity contribution in [1.29, 1.82) is 5.26 Å². The van der Waals surface area contributed by atoms with Gasteiger partial charge < -0.3 is 10.2 Å². The maximum absolute atomic E-state index is 9.02. The summed E-state index contributed by atoms with van der Waals surface area (Å²) in [5, 5.41) is 13.0. The van der Waals surface area contributed by atoms with Gasteiger partial charge in [0.2, 0.25) is 0 Å². The monoisotopic (exact) mass is 278 g/mol. The SMILES string of the molecule is CCCN(c1nc(C)c(C#N)cc1Cl)C1CCNC1. The molecule has 1 atom stereocenters. The first-order valence-electron chi connectivity index (χ1n) is 6.72. The van der Waals surface area contributed by atoms with E-state index in [0.717, 1.165) is 44.0 Å². The van der Waals surface area contributed by atoms with E-state index in [1.807, 2.05) is 6.92 Å². The van der Waals surface area contributed by atoms with Gasteiger partial charge in [-0.2, -0.15) is 5.26 Å². The number of aromatic nitrogens is 1. The van der Waals surface area contributed by atoms with Crippen molar-refractivity contribution in [3.8, 4) is 6.07 Å². The van der Waals surface area contributed by atoms with Crippen LogP contribution in [0.1, 0.15) is 31.0 Å². The first-order valence-corrected chi connectivity index (χ1v) is 7.09. The number of pyridine rings is 1. The first kappa shape index (κ1) is 14.1. The van der Waals surface area contributed by atoms with Crippen molar-refractivity contribution in [2.75, 3.05) is 24.5 Å². The number of hydrogen-bond donors (Lipinski definition) is 1.